The first-order chi connectivity index (χ1) is 8.96. The molecule has 1 saturated heterocycles. The summed E-state index contributed by atoms with van der Waals surface area (Å²) in [6.07, 6.45) is 1.64. The lowest BCUT2D eigenvalue weighted by Gasteiger charge is -2.35. The molecule has 1 unspecified atom stereocenters. The van der Waals surface area contributed by atoms with Crippen LogP contribution in [0.15, 0.2) is 0 Å². The van der Waals surface area contributed by atoms with Crippen LogP contribution in [-0.2, 0) is 14.3 Å². The highest BCUT2D eigenvalue weighted by molar-refractivity contribution is 5.87. The number of hydrogen-bond donors (Lipinski definition) is 1. The molecule has 0 radical (unpaired) electrons. The summed E-state index contributed by atoms with van der Waals surface area (Å²) in [4.78, 5) is 26.0. The van der Waals surface area contributed by atoms with Crippen LogP contribution in [0.25, 0.3) is 0 Å². The Hall–Kier alpha value is -1.10. The number of carbonyl (C=O) groups excluding carboxylic acids is 2. The predicted molar refractivity (Wildman–Crippen MR) is 73.7 cm³/mol. The molecule has 1 aliphatic rings. The normalized spacial score (nSPS) is 22.6. The van der Waals surface area contributed by atoms with Gasteiger partial charge < -0.3 is 15.0 Å². The van der Waals surface area contributed by atoms with Gasteiger partial charge in [-0.05, 0) is 40.2 Å². The molecule has 0 aliphatic carbocycles. The van der Waals surface area contributed by atoms with Crippen molar-refractivity contribution in [2.24, 2.45) is 5.41 Å². The average molecular weight is 270 g/mol. The topological polar surface area (TPSA) is 58.6 Å². The van der Waals surface area contributed by atoms with Crippen molar-refractivity contribution in [2.45, 2.75) is 46.6 Å². The first-order valence-electron chi connectivity index (χ1n) is 7.14. The highest BCUT2D eigenvalue weighted by atomic mass is 16.5. The molecule has 1 heterocycles. The van der Waals surface area contributed by atoms with E-state index in [-0.39, 0.29) is 29.9 Å². The lowest BCUT2D eigenvalue weighted by Crippen LogP contribution is -2.50. The number of amides is 1. The number of nitrogens with zero attached hydrogens (tertiary/aromatic N) is 1. The number of ether oxygens (including phenoxy) is 1. The van der Waals surface area contributed by atoms with Gasteiger partial charge in [-0.25, -0.2) is 0 Å². The maximum Gasteiger partial charge on any atom is 0.325 e. The molecule has 1 fully saturated rings. The van der Waals surface area contributed by atoms with Gasteiger partial charge >= 0.3 is 5.97 Å². The van der Waals surface area contributed by atoms with Gasteiger partial charge in [-0.15, -0.1) is 0 Å². The second-order valence-corrected chi connectivity index (χ2v) is 5.39. The first-order valence-corrected chi connectivity index (χ1v) is 7.14. The fourth-order valence-electron chi connectivity index (χ4n) is 2.52. The number of rotatable bonds is 6. The zero-order valence-electron chi connectivity index (χ0n) is 12.5. The van der Waals surface area contributed by atoms with Crippen molar-refractivity contribution in [2.75, 3.05) is 26.2 Å². The Morgan fingerprint density at radius 2 is 2.05 bits per heavy atom. The molecule has 5 heteroatoms. The zero-order chi connectivity index (χ0) is 14.5. The second-order valence-electron chi connectivity index (χ2n) is 5.39. The molecule has 1 atom stereocenters. The minimum absolute atomic E-state index is 0.000862. The lowest BCUT2D eigenvalue weighted by atomic mass is 9.82. The minimum Gasteiger partial charge on any atom is -0.465 e. The van der Waals surface area contributed by atoms with Crippen molar-refractivity contribution >= 4 is 11.9 Å². The number of nitrogens with one attached hydrogen (secondary N) is 1. The summed E-state index contributed by atoms with van der Waals surface area (Å²) in [5.74, 6) is -0.259. The van der Waals surface area contributed by atoms with Gasteiger partial charge in [0.2, 0.25) is 5.91 Å². The molecule has 0 aromatic carbocycles. The average Bonchev–Trinajstić information content (AvgIpc) is 2.85. The van der Waals surface area contributed by atoms with Crippen LogP contribution in [0.3, 0.4) is 0 Å². The highest BCUT2D eigenvalue weighted by Gasteiger charge is 2.43. The molecule has 110 valence electrons. The Kier molecular flexibility index (Phi) is 5.79. The quantitative estimate of drug-likeness (QED) is 0.736. The molecule has 0 aromatic rings. The van der Waals surface area contributed by atoms with E-state index in [1.807, 2.05) is 20.8 Å². The monoisotopic (exact) mass is 270 g/mol. The van der Waals surface area contributed by atoms with E-state index in [1.165, 1.54) is 0 Å². The Balaban J connectivity index is 2.80. The van der Waals surface area contributed by atoms with E-state index >= 15 is 0 Å². The number of hydrogen-bond acceptors (Lipinski definition) is 4. The minimum atomic E-state index is -0.350. The molecule has 19 heavy (non-hydrogen) atoms. The number of carbonyl (C=O) groups is 2. The van der Waals surface area contributed by atoms with Gasteiger partial charge in [0.1, 0.15) is 6.54 Å². The molecule has 0 saturated carbocycles. The first kappa shape index (κ1) is 16.0. The van der Waals surface area contributed by atoms with Crippen molar-refractivity contribution in [3.05, 3.63) is 0 Å². The Morgan fingerprint density at radius 1 is 1.37 bits per heavy atom. The van der Waals surface area contributed by atoms with Crippen molar-refractivity contribution in [1.29, 1.82) is 0 Å². The maximum absolute atomic E-state index is 12.8. The van der Waals surface area contributed by atoms with Crippen LogP contribution in [-0.4, -0.2) is 49.1 Å². The van der Waals surface area contributed by atoms with E-state index in [4.69, 9.17) is 4.74 Å². The van der Waals surface area contributed by atoms with Crippen LogP contribution >= 0.6 is 0 Å². The Labute approximate surface area is 115 Å². The standard InChI is InChI=1S/C14H26N2O3/c1-5-14(7-8-15-10-14)13(18)16(11(3)4)9-12(17)19-6-2/h11,15H,5-10H2,1-4H3. The van der Waals surface area contributed by atoms with E-state index in [0.717, 1.165) is 19.4 Å². The predicted octanol–water partition coefficient (Wildman–Crippen LogP) is 1.18. The van der Waals surface area contributed by atoms with Gasteiger partial charge in [-0.3, -0.25) is 9.59 Å². The third kappa shape index (κ3) is 3.69. The van der Waals surface area contributed by atoms with Crippen molar-refractivity contribution in [3.8, 4) is 0 Å². The van der Waals surface area contributed by atoms with Crippen molar-refractivity contribution in [3.63, 3.8) is 0 Å². The molecule has 1 amide bonds. The summed E-state index contributed by atoms with van der Waals surface area (Å²) >= 11 is 0. The summed E-state index contributed by atoms with van der Waals surface area (Å²) in [6, 6.07) is 0.000862. The fraction of sp³-hybridized carbons (Fsp3) is 0.857. The molecule has 0 bridgehead atoms. The lowest BCUT2D eigenvalue weighted by molar-refractivity contribution is -0.154. The zero-order valence-corrected chi connectivity index (χ0v) is 12.5. The van der Waals surface area contributed by atoms with Gasteiger partial charge in [0.05, 0.1) is 12.0 Å². The van der Waals surface area contributed by atoms with E-state index in [9.17, 15) is 9.59 Å². The van der Waals surface area contributed by atoms with E-state index in [0.29, 0.717) is 13.2 Å². The van der Waals surface area contributed by atoms with Crippen LogP contribution in [0, 0.1) is 5.41 Å². The summed E-state index contributed by atoms with van der Waals surface area (Å²) in [6.45, 7) is 9.64. The Bertz CT molecular complexity index is 323. The van der Waals surface area contributed by atoms with Gasteiger partial charge in [-0.2, -0.15) is 0 Å². The molecular formula is C14H26N2O3. The van der Waals surface area contributed by atoms with Crippen LogP contribution < -0.4 is 5.32 Å². The molecule has 5 nitrogen and oxygen atoms in total. The molecule has 1 rings (SSSR count). The largest absolute Gasteiger partial charge is 0.465 e. The third-order valence-corrected chi connectivity index (χ3v) is 3.86. The summed E-state index contributed by atoms with van der Waals surface area (Å²) < 4.78 is 4.95. The van der Waals surface area contributed by atoms with E-state index in [1.54, 1.807) is 11.8 Å². The van der Waals surface area contributed by atoms with Crippen LogP contribution in [0.1, 0.15) is 40.5 Å². The summed E-state index contributed by atoms with van der Waals surface area (Å²) in [5.41, 5.74) is -0.350. The van der Waals surface area contributed by atoms with E-state index in [2.05, 4.69) is 5.32 Å². The fourth-order valence-corrected chi connectivity index (χ4v) is 2.52. The Morgan fingerprint density at radius 3 is 2.47 bits per heavy atom. The van der Waals surface area contributed by atoms with Crippen LogP contribution in [0.4, 0.5) is 0 Å². The SMILES string of the molecule is CCOC(=O)CN(C(=O)C1(CC)CCNC1)C(C)C. The van der Waals surface area contributed by atoms with Gasteiger partial charge in [0.15, 0.2) is 0 Å². The second kappa shape index (κ2) is 6.89. The summed E-state index contributed by atoms with van der Waals surface area (Å²) in [5, 5.41) is 3.25. The highest BCUT2D eigenvalue weighted by Crippen LogP contribution is 2.32. The maximum atomic E-state index is 12.8. The van der Waals surface area contributed by atoms with Crippen LogP contribution in [0.2, 0.25) is 0 Å². The van der Waals surface area contributed by atoms with Crippen LogP contribution in [0.5, 0.6) is 0 Å². The number of esters is 1. The molecular weight excluding hydrogens is 244 g/mol. The van der Waals surface area contributed by atoms with Gasteiger partial charge in [-0.1, -0.05) is 6.92 Å². The molecule has 0 spiro atoms. The van der Waals surface area contributed by atoms with Gasteiger partial charge in [0.25, 0.3) is 0 Å². The van der Waals surface area contributed by atoms with Gasteiger partial charge in [0, 0.05) is 12.6 Å². The van der Waals surface area contributed by atoms with Crippen molar-refractivity contribution < 1.29 is 14.3 Å². The molecule has 0 aromatic heterocycles. The summed E-state index contributed by atoms with van der Waals surface area (Å²) in [7, 11) is 0. The molecule has 1 N–H and O–H groups in total. The third-order valence-electron chi connectivity index (χ3n) is 3.86. The smallest absolute Gasteiger partial charge is 0.325 e. The van der Waals surface area contributed by atoms with E-state index < -0.39 is 0 Å². The molecule has 1 aliphatic heterocycles. The van der Waals surface area contributed by atoms with Crippen molar-refractivity contribution in [1.82, 2.24) is 10.2 Å².